The van der Waals surface area contributed by atoms with E-state index in [-0.39, 0.29) is 29.3 Å². The maximum Gasteiger partial charge on any atom is 0.249 e. The topological polar surface area (TPSA) is 70.3 Å². The fraction of sp³-hybridized carbons (Fsp3) is 0.231. The van der Waals surface area contributed by atoms with Crippen LogP contribution in [0.15, 0.2) is 22.9 Å². The number of ether oxygens (including phenoxy) is 2. The molecule has 5 nitrogen and oxygen atoms in total. The summed E-state index contributed by atoms with van der Waals surface area (Å²) in [6, 6.07) is 2.25. The second-order valence-electron chi connectivity index (χ2n) is 4.37. The average Bonchev–Trinajstić information content (AvgIpc) is 2.39. The highest BCUT2D eigenvalue weighted by molar-refractivity contribution is 9.10. The van der Waals surface area contributed by atoms with Gasteiger partial charge in [-0.3, -0.25) is 0 Å². The molecule has 0 fully saturated rings. The van der Waals surface area contributed by atoms with Crippen LogP contribution in [0.2, 0.25) is 0 Å². The quantitative estimate of drug-likeness (QED) is 0.843. The Morgan fingerprint density at radius 1 is 1.19 bits per heavy atom. The summed E-state index contributed by atoms with van der Waals surface area (Å²) in [5, 5.41) is 0. The molecule has 0 radical (unpaired) electrons. The third-order valence-electron chi connectivity index (χ3n) is 2.32. The molecule has 0 spiro atoms. The number of hydrogen-bond acceptors (Lipinski definition) is 5. The van der Waals surface area contributed by atoms with Crippen molar-refractivity contribution >= 4 is 21.6 Å². The minimum atomic E-state index is -1.14. The summed E-state index contributed by atoms with van der Waals surface area (Å²) < 4.78 is 37.9. The minimum absolute atomic E-state index is 0.00554. The standard InChI is InChI=1S/C13H12BrF2N3O2/c1-6(2)20-12-11(17)13(19-5-18-12)21-9-4-7(14)3-8(15)10(9)16/h3-6H,17H2,1-2H3. The first kappa shape index (κ1) is 15.4. The number of rotatable bonds is 4. The number of nitrogens with zero attached hydrogens (tertiary/aromatic N) is 2. The summed E-state index contributed by atoms with van der Waals surface area (Å²) in [7, 11) is 0. The van der Waals surface area contributed by atoms with Gasteiger partial charge in [0.25, 0.3) is 0 Å². The Kier molecular flexibility index (Phi) is 4.56. The predicted molar refractivity (Wildman–Crippen MR) is 76.3 cm³/mol. The van der Waals surface area contributed by atoms with E-state index in [0.717, 1.165) is 12.4 Å². The maximum absolute atomic E-state index is 13.7. The number of aromatic nitrogens is 2. The van der Waals surface area contributed by atoms with E-state index in [4.69, 9.17) is 15.2 Å². The van der Waals surface area contributed by atoms with E-state index in [1.54, 1.807) is 13.8 Å². The Hall–Kier alpha value is -1.96. The van der Waals surface area contributed by atoms with Crippen LogP contribution in [-0.4, -0.2) is 16.1 Å². The molecule has 0 saturated carbocycles. The lowest BCUT2D eigenvalue weighted by molar-refractivity contribution is 0.232. The lowest BCUT2D eigenvalue weighted by Gasteiger charge is -2.13. The molecule has 1 aromatic heterocycles. The summed E-state index contributed by atoms with van der Waals surface area (Å²) in [5.74, 6) is -2.53. The highest BCUT2D eigenvalue weighted by Crippen LogP contribution is 2.34. The average molecular weight is 360 g/mol. The van der Waals surface area contributed by atoms with E-state index in [9.17, 15) is 8.78 Å². The minimum Gasteiger partial charge on any atom is -0.473 e. The fourth-order valence-electron chi connectivity index (χ4n) is 1.47. The molecule has 0 aliphatic carbocycles. The predicted octanol–water partition coefficient (Wildman–Crippen LogP) is 3.68. The molecule has 0 aliphatic rings. The van der Waals surface area contributed by atoms with Gasteiger partial charge in [-0.15, -0.1) is 0 Å². The van der Waals surface area contributed by atoms with Gasteiger partial charge in [-0.25, -0.2) is 4.39 Å². The fourth-order valence-corrected chi connectivity index (χ4v) is 1.88. The third-order valence-corrected chi connectivity index (χ3v) is 2.78. The van der Waals surface area contributed by atoms with Crippen molar-refractivity contribution in [2.45, 2.75) is 20.0 Å². The summed E-state index contributed by atoms with van der Waals surface area (Å²) in [6.45, 7) is 3.59. The van der Waals surface area contributed by atoms with Gasteiger partial charge >= 0.3 is 0 Å². The zero-order valence-electron chi connectivity index (χ0n) is 11.2. The van der Waals surface area contributed by atoms with Crippen LogP contribution in [0.3, 0.4) is 0 Å². The Labute approximate surface area is 128 Å². The number of nitrogen functional groups attached to an aromatic ring is 1. The van der Waals surface area contributed by atoms with Crippen LogP contribution < -0.4 is 15.2 Å². The van der Waals surface area contributed by atoms with Gasteiger partial charge in [-0.05, 0) is 26.0 Å². The van der Waals surface area contributed by atoms with E-state index in [0.29, 0.717) is 4.47 Å². The highest BCUT2D eigenvalue weighted by Gasteiger charge is 2.17. The number of benzene rings is 1. The van der Waals surface area contributed by atoms with Gasteiger partial charge in [0.15, 0.2) is 17.3 Å². The van der Waals surface area contributed by atoms with Crippen molar-refractivity contribution < 1.29 is 18.3 Å². The number of halogens is 3. The molecule has 1 heterocycles. The van der Waals surface area contributed by atoms with Gasteiger partial charge in [-0.1, -0.05) is 15.9 Å². The second-order valence-corrected chi connectivity index (χ2v) is 5.28. The Morgan fingerprint density at radius 2 is 1.86 bits per heavy atom. The molecule has 0 bridgehead atoms. The van der Waals surface area contributed by atoms with Crippen LogP contribution in [-0.2, 0) is 0 Å². The van der Waals surface area contributed by atoms with Gasteiger partial charge < -0.3 is 15.2 Å². The van der Waals surface area contributed by atoms with Crippen LogP contribution >= 0.6 is 15.9 Å². The molecule has 2 rings (SSSR count). The van der Waals surface area contributed by atoms with E-state index in [2.05, 4.69) is 25.9 Å². The third kappa shape index (κ3) is 3.57. The Morgan fingerprint density at radius 3 is 2.52 bits per heavy atom. The number of anilines is 1. The zero-order valence-corrected chi connectivity index (χ0v) is 12.8. The van der Waals surface area contributed by atoms with Crippen molar-refractivity contribution in [3.63, 3.8) is 0 Å². The van der Waals surface area contributed by atoms with Crippen molar-refractivity contribution in [1.82, 2.24) is 9.97 Å². The smallest absolute Gasteiger partial charge is 0.249 e. The van der Waals surface area contributed by atoms with Crippen LogP contribution in [0.5, 0.6) is 17.5 Å². The Bertz CT molecular complexity index is 668. The summed E-state index contributed by atoms with van der Waals surface area (Å²) >= 11 is 3.05. The van der Waals surface area contributed by atoms with E-state index >= 15 is 0 Å². The molecule has 0 saturated heterocycles. The van der Waals surface area contributed by atoms with Crippen LogP contribution in [0, 0.1) is 11.6 Å². The normalized spacial score (nSPS) is 10.8. The molecule has 8 heteroatoms. The Balaban J connectivity index is 2.36. The molecular weight excluding hydrogens is 348 g/mol. The van der Waals surface area contributed by atoms with Gasteiger partial charge in [-0.2, -0.15) is 14.4 Å². The molecule has 2 N–H and O–H groups in total. The van der Waals surface area contributed by atoms with Gasteiger partial charge in [0.1, 0.15) is 6.33 Å². The molecule has 2 aromatic rings. The summed E-state index contributed by atoms with van der Waals surface area (Å²) in [6.07, 6.45) is 1.01. The van der Waals surface area contributed by atoms with Crippen molar-refractivity contribution in [3.8, 4) is 17.5 Å². The first-order valence-electron chi connectivity index (χ1n) is 5.98. The molecule has 1 aromatic carbocycles. The van der Waals surface area contributed by atoms with Crippen molar-refractivity contribution in [2.75, 3.05) is 5.73 Å². The van der Waals surface area contributed by atoms with Crippen molar-refractivity contribution in [2.24, 2.45) is 0 Å². The first-order valence-corrected chi connectivity index (χ1v) is 6.77. The first-order chi connectivity index (χ1) is 9.88. The zero-order chi connectivity index (χ0) is 15.6. The number of hydrogen-bond donors (Lipinski definition) is 1. The maximum atomic E-state index is 13.7. The van der Waals surface area contributed by atoms with Gasteiger partial charge in [0, 0.05) is 4.47 Å². The summed E-state index contributed by atoms with van der Waals surface area (Å²) in [4.78, 5) is 7.66. The second kappa shape index (κ2) is 6.21. The van der Waals surface area contributed by atoms with Crippen molar-refractivity contribution in [3.05, 3.63) is 34.6 Å². The monoisotopic (exact) mass is 359 g/mol. The highest BCUT2D eigenvalue weighted by atomic mass is 79.9. The molecule has 0 unspecified atom stereocenters. The molecule has 0 amide bonds. The van der Waals surface area contributed by atoms with E-state index < -0.39 is 11.6 Å². The van der Waals surface area contributed by atoms with Crippen molar-refractivity contribution in [1.29, 1.82) is 0 Å². The molecule has 21 heavy (non-hydrogen) atoms. The summed E-state index contributed by atoms with van der Waals surface area (Å²) in [5.41, 5.74) is 5.81. The van der Waals surface area contributed by atoms with Crippen LogP contribution in [0.1, 0.15) is 13.8 Å². The molecule has 0 atom stereocenters. The SMILES string of the molecule is CC(C)Oc1ncnc(Oc2cc(Br)cc(F)c2F)c1N. The lowest BCUT2D eigenvalue weighted by Crippen LogP contribution is -2.10. The van der Waals surface area contributed by atoms with E-state index in [1.165, 1.54) is 6.07 Å². The molecule has 0 aliphatic heterocycles. The van der Waals surface area contributed by atoms with E-state index in [1.807, 2.05) is 0 Å². The van der Waals surface area contributed by atoms with Gasteiger partial charge in [0.05, 0.1) is 6.10 Å². The van der Waals surface area contributed by atoms with Crippen LogP contribution in [0.4, 0.5) is 14.5 Å². The number of nitrogens with two attached hydrogens (primary N) is 1. The van der Waals surface area contributed by atoms with Gasteiger partial charge in [0.2, 0.25) is 17.6 Å². The molecule has 112 valence electrons. The largest absolute Gasteiger partial charge is 0.473 e. The lowest BCUT2D eigenvalue weighted by atomic mass is 10.3. The molecular formula is C13H12BrF2N3O2. The van der Waals surface area contributed by atoms with Crippen LogP contribution in [0.25, 0.3) is 0 Å².